The molecule has 0 atom stereocenters. The molecule has 0 spiro atoms. The molecule has 2 N–H and O–H groups in total. The number of hydrogen-bond donors (Lipinski definition) is 2. The molecule has 8 nitrogen and oxygen atoms in total. The van der Waals surface area contributed by atoms with Crippen molar-refractivity contribution < 1.29 is 28.6 Å². The highest BCUT2D eigenvalue weighted by Gasteiger charge is 2.14. The fourth-order valence-corrected chi connectivity index (χ4v) is 3.11. The number of benzene rings is 2. The Labute approximate surface area is 204 Å². The molecule has 0 aliphatic carbocycles. The zero-order chi connectivity index (χ0) is 24.7. The summed E-state index contributed by atoms with van der Waals surface area (Å²) in [7, 11) is 0. The number of carbonyl (C=O) groups excluding carboxylic acids is 1. The van der Waals surface area contributed by atoms with Crippen LogP contribution in [0.15, 0.2) is 58.5 Å². The minimum Gasteiger partial charge on any atom is -0.490 e. The summed E-state index contributed by atoms with van der Waals surface area (Å²) in [5, 5.41) is 21.6. The lowest BCUT2D eigenvalue weighted by Gasteiger charge is -2.12. The van der Waals surface area contributed by atoms with Crippen molar-refractivity contribution >= 4 is 46.8 Å². The van der Waals surface area contributed by atoms with E-state index in [1.165, 1.54) is 30.3 Å². The average molecular weight is 501 g/mol. The Morgan fingerprint density at radius 3 is 2.53 bits per heavy atom. The number of ether oxygens (including phenoxy) is 2. The van der Waals surface area contributed by atoms with E-state index in [-0.39, 0.29) is 23.0 Å². The summed E-state index contributed by atoms with van der Waals surface area (Å²) in [6.07, 6.45) is 1.41. The van der Waals surface area contributed by atoms with E-state index in [0.717, 1.165) is 0 Å². The number of carbonyl (C=O) groups is 2. The van der Waals surface area contributed by atoms with Gasteiger partial charge in [-0.1, -0.05) is 29.3 Å². The Hall–Kier alpha value is -3.93. The zero-order valence-electron chi connectivity index (χ0n) is 17.8. The highest BCUT2D eigenvalue weighted by molar-refractivity contribution is 6.42. The second-order valence-electron chi connectivity index (χ2n) is 6.75. The van der Waals surface area contributed by atoms with Gasteiger partial charge in [-0.25, -0.2) is 4.79 Å². The number of anilines is 1. The molecule has 1 aromatic heterocycles. The first kappa shape index (κ1) is 24.7. The van der Waals surface area contributed by atoms with Gasteiger partial charge >= 0.3 is 5.97 Å². The van der Waals surface area contributed by atoms with Crippen LogP contribution in [-0.2, 0) is 11.4 Å². The van der Waals surface area contributed by atoms with Gasteiger partial charge in [-0.15, -0.1) is 0 Å². The number of nitrogens with one attached hydrogen (secondary N) is 1. The van der Waals surface area contributed by atoms with Crippen LogP contribution in [-0.4, -0.2) is 23.6 Å². The second kappa shape index (κ2) is 11.3. The van der Waals surface area contributed by atoms with Gasteiger partial charge in [0, 0.05) is 5.69 Å². The van der Waals surface area contributed by atoms with Crippen molar-refractivity contribution in [3.05, 3.63) is 81.2 Å². The number of halogens is 2. The third-order valence-electron chi connectivity index (χ3n) is 4.36. The van der Waals surface area contributed by atoms with Gasteiger partial charge in [0.15, 0.2) is 11.5 Å². The largest absolute Gasteiger partial charge is 0.490 e. The summed E-state index contributed by atoms with van der Waals surface area (Å²) in [4.78, 5) is 23.5. The zero-order valence-corrected chi connectivity index (χ0v) is 19.3. The van der Waals surface area contributed by atoms with Crippen molar-refractivity contribution in [1.29, 1.82) is 5.26 Å². The van der Waals surface area contributed by atoms with Gasteiger partial charge in [-0.05, 0) is 61.0 Å². The lowest BCUT2D eigenvalue weighted by atomic mass is 10.1. The van der Waals surface area contributed by atoms with Crippen LogP contribution in [0.3, 0.4) is 0 Å². The third-order valence-corrected chi connectivity index (χ3v) is 5.10. The number of nitriles is 1. The number of amides is 1. The Balaban J connectivity index is 1.77. The van der Waals surface area contributed by atoms with E-state index in [9.17, 15) is 14.9 Å². The predicted molar refractivity (Wildman–Crippen MR) is 126 cm³/mol. The van der Waals surface area contributed by atoms with E-state index in [0.29, 0.717) is 40.1 Å². The van der Waals surface area contributed by atoms with E-state index in [4.69, 9.17) is 42.2 Å². The van der Waals surface area contributed by atoms with E-state index >= 15 is 0 Å². The quantitative estimate of drug-likeness (QED) is 0.280. The normalized spacial score (nSPS) is 10.9. The summed E-state index contributed by atoms with van der Waals surface area (Å²) in [6.45, 7) is 2.12. The molecule has 1 amide bonds. The number of rotatable bonds is 9. The van der Waals surface area contributed by atoms with Crippen molar-refractivity contribution in [2.45, 2.75) is 13.5 Å². The molecule has 174 valence electrons. The number of nitrogens with zero attached hydrogens (tertiary/aromatic N) is 1. The molecule has 0 bridgehead atoms. The monoisotopic (exact) mass is 500 g/mol. The number of hydrogen-bond acceptors (Lipinski definition) is 6. The van der Waals surface area contributed by atoms with Crippen molar-refractivity contribution in [1.82, 2.24) is 0 Å². The lowest BCUT2D eigenvalue weighted by Crippen LogP contribution is -2.13. The molecule has 10 heteroatoms. The van der Waals surface area contributed by atoms with Gasteiger partial charge in [-0.2, -0.15) is 5.26 Å². The van der Waals surface area contributed by atoms with Gasteiger partial charge in [0.2, 0.25) is 5.76 Å². The number of carboxylic acid groups (broad SMARTS) is 1. The molecule has 0 saturated heterocycles. The topological polar surface area (TPSA) is 122 Å². The van der Waals surface area contributed by atoms with E-state index < -0.39 is 11.9 Å². The highest BCUT2D eigenvalue weighted by atomic mass is 35.5. The Morgan fingerprint density at radius 2 is 1.88 bits per heavy atom. The fraction of sp³-hybridized carbons (Fsp3) is 0.125. The van der Waals surface area contributed by atoms with E-state index in [1.807, 2.05) is 6.07 Å². The van der Waals surface area contributed by atoms with Crippen molar-refractivity contribution in [2.24, 2.45) is 0 Å². The number of aromatic carboxylic acids is 1. The van der Waals surface area contributed by atoms with Crippen LogP contribution in [0.1, 0.15) is 28.8 Å². The maximum Gasteiger partial charge on any atom is 0.371 e. The van der Waals surface area contributed by atoms with Crippen LogP contribution in [0.5, 0.6) is 11.5 Å². The number of furan rings is 1. The van der Waals surface area contributed by atoms with Gasteiger partial charge < -0.3 is 24.3 Å². The molecule has 0 fully saturated rings. The van der Waals surface area contributed by atoms with Crippen LogP contribution in [0.2, 0.25) is 10.0 Å². The second-order valence-corrected chi connectivity index (χ2v) is 7.57. The summed E-state index contributed by atoms with van der Waals surface area (Å²) in [6, 6.07) is 14.2. The van der Waals surface area contributed by atoms with Gasteiger partial charge in [0.1, 0.15) is 24.0 Å². The first-order valence-corrected chi connectivity index (χ1v) is 10.7. The maximum absolute atomic E-state index is 12.5. The van der Waals surface area contributed by atoms with Crippen LogP contribution < -0.4 is 14.8 Å². The fourth-order valence-electron chi connectivity index (χ4n) is 2.81. The average Bonchev–Trinajstić information content (AvgIpc) is 3.29. The summed E-state index contributed by atoms with van der Waals surface area (Å²) < 4.78 is 16.5. The van der Waals surface area contributed by atoms with Gasteiger partial charge in [0.05, 0.1) is 16.7 Å². The molecule has 0 saturated carbocycles. The smallest absolute Gasteiger partial charge is 0.371 e. The Kier molecular flexibility index (Phi) is 8.19. The predicted octanol–water partition coefficient (Wildman–Crippen LogP) is 5.81. The molecule has 0 unspecified atom stereocenters. The molecular formula is C24H18Cl2N2O6. The SMILES string of the molecule is CCOc1cc(C=C(C#N)C(=O)Nc2ccc(Cl)c(Cl)c2)ccc1OCc1ccc(C(=O)O)o1. The Bertz CT molecular complexity index is 1290. The Morgan fingerprint density at radius 1 is 1.09 bits per heavy atom. The molecule has 34 heavy (non-hydrogen) atoms. The van der Waals surface area contributed by atoms with Crippen molar-refractivity contribution in [2.75, 3.05) is 11.9 Å². The molecule has 2 aromatic carbocycles. The maximum atomic E-state index is 12.5. The molecule has 3 rings (SSSR count). The van der Waals surface area contributed by atoms with Crippen molar-refractivity contribution in [3.63, 3.8) is 0 Å². The standard InChI is InChI=1S/C24H18Cl2N2O6/c1-2-32-22-10-14(3-7-20(22)33-13-17-5-8-21(34-17)24(30)31)9-15(12-27)23(29)28-16-4-6-18(25)19(26)11-16/h3-11H,2,13H2,1H3,(H,28,29)(H,30,31). The molecule has 0 aliphatic heterocycles. The minimum absolute atomic E-state index is 0.0158. The first-order chi connectivity index (χ1) is 16.3. The van der Waals surface area contributed by atoms with E-state index in [2.05, 4.69) is 5.32 Å². The number of carboxylic acids is 1. The van der Waals surface area contributed by atoms with Crippen LogP contribution in [0.25, 0.3) is 6.08 Å². The molecule has 0 aliphatic rings. The van der Waals surface area contributed by atoms with E-state index in [1.54, 1.807) is 31.2 Å². The molecule has 1 heterocycles. The lowest BCUT2D eigenvalue weighted by molar-refractivity contribution is -0.112. The third kappa shape index (κ3) is 6.32. The van der Waals surface area contributed by atoms with Crippen molar-refractivity contribution in [3.8, 4) is 17.6 Å². The molecular weight excluding hydrogens is 483 g/mol. The summed E-state index contributed by atoms with van der Waals surface area (Å²) in [5.74, 6) is -0.892. The highest BCUT2D eigenvalue weighted by Crippen LogP contribution is 2.31. The van der Waals surface area contributed by atoms with Gasteiger partial charge in [-0.3, -0.25) is 4.79 Å². The molecule has 3 aromatic rings. The minimum atomic E-state index is -1.17. The summed E-state index contributed by atoms with van der Waals surface area (Å²) in [5.41, 5.74) is 0.782. The summed E-state index contributed by atoms with van der Waals surface area (Å²) >= 11 is 11.8. The van der Waals surface area contributed by atoms with Crippen LogP contribution in [0.4, 0.5) is 5.69 Å². The van der Waals surface area contributed by atoms with Crippen LogP contribution >= 0.6 is 23.2 Å². The molecule has 0 radical (unpaired) electrons. The first-order valence-electron chi connectivity index (χ1n) is 9.90. The van der Waals surface area contributed by atoms with Crippen LogP contribution in [0, 0.1) is 11.3 Å². The van der Waals surface area contributed by atoms with Gasteiger partial charge in [0.25, 0.3) is 5.91 Å².